The topological polar surface area (TPSA) is 96.3 Å². The molecule has 33 heavy (non-hydrogen) atoms. The number of nitrogens with zero attached hydrogens (tertiary/aromatic N) is 1. The summed E-state index contributed by atoms with van der Waals surface area (Å²) in [7, 11) is 0. The highest BCUT2D eigenvalue weighted by molar-refractivity contribution is 5.92. The molecule has 2 aromatic rings. The third kappa shape index (κ3) is 7.42. The van der Waals surface area contributed by atoms with Gasteiger partial charge in [0.2, 0.25) is 0 Å². The summed E-state index contributed by atoms with van der Waals surface area (Å²) < 4.78 is 5.59. The van der Waals surface area contributed by atoms with Crippen molar-refractivity contribution in [2.75, 3.05) is 13.2 Å². The van der Waals surface area contributed by atoms with E-state index in [2.05, 4.69) is 32.0 Å². The summed E-state index contributed by atoms with van der Waals surface area (Å²) in [5, 5.41) is 19.4. The third-order valence-corrected chi connectivity index (χ3v) is 6.30. The summed E-state index contributed by atoms with van der Waals surface area (Å²) in [5.74, 6) is 0.415. The zero-order valence-electron chi connectivity index (χ0n) is 20.5. The SMILES string of the molecule is CC1(C)CCCC[C@](O)(COc2ccc(C#N)cc2)C1=O.CCc1cc(C)ccc1CCN. The first-order valence-corrected chi connectivity index (χ1v) is 11.8. The van der Waals surface area contributed by atoms with Crippen LogP contribution in [0.15, 0.2) is 42.5 Å². The Bertz CT molecular complexity index is 960. The number of carbonyl (C=O) groups is 1. The number of Topliss-reactive ketones (excluding diaryl/α,β-unsaturated/α-hetero) is 1. The molecule has 3 rings (SSSR count). The molecule has 0 spiro atoms. The second kappa shape index (κ2) is 12.0. The molecule has 0 saturated heterocycles. The van der Waals surface area contributed by atoms with Crippen molar-refractivity contribution >= 4 is 5.78 Å². The lowest BCUT2D eigenvalue weighted by atomic mass is 9.78. The fraction of sp³-hybridized carbons (Fsp3) is 0.500. The average molecular weight is 451 g/mol. The van der Waals surface area contributed by atoms with Gasteiger partial charge in [-0.2, -0.15) is 5.26 Å². The van der Waals surface area contributed by atoms with E-state index in [1.807, 2.05) is 19.9 Å². The number of hydrogen-bond acceptors (Lipinski definition) is 5. The minimum Gasteiger partial charge on any atom is -0.490 e. The van der Waals surface area contributed by atoms with Gasteiger partial charge in [0, 0.05) is 5.41 Å². The summed E-state index contributed by atoms with van der Waals surface area (Å²) in [6, 6.07) is 15.3. The number of ether oxygens (including phenoxy) is 1. The molecule has 1 fully saturated rings. The summed E-state index contributed by atoms with van der Waals surface area (Å²) in [5.41, 5.74) is 8.33. The van der Waals surface area contributed by atoms with Gasteiger partial charge in [-0.3, -0.25) is 4.79 Å². The van der Waals surface area contributed by atoms with Gasteiger partial charge in [0.15, 0.2) is 11.4 Å². The van der Waals surface area contributed by atoms with E-state index in [0.29, 0.717) is 17.7 Å². The number of aryl methyl sites for hydroxylation is 2. The fourth-order valence-electron chi connectivity index (χ4n) is 4.29. The molecule has 0 amide bonds. The Morgan fingerprint density at radius 1 is 1.09 bits per heavy atom. The van der Waals surface area contributed by atoms with Crippen LogP contribution in [-0.2, 0) is 17.6 Å². The van der Waals surface area contributed by atoms with Crippen molar-refractivity contribution in [3.8, 4) is 11.8 Å². The van der Waals surface area contributed by atoms with Crippen molar-refractivity contribution in [2.24, 2.45) is 11.1 Å². The van der Waals surface area contributed by atoms with Gasteiger partial charge in [-0.1, -0.05) is 51.0 Å². The van der Waals surface area contributed by atoms with Crippen molar-refractivity contribution < 1.29 is 14.6 Å². The number of benzene rings is 2. The van der Waals surface area contributed by atoms with Gasteiger partial charge >= 0.3 is 0 Å². The monoisotopic (exact) mass is 450 g/mol. The number of ketones is 1. The zero-order chi connectivity index (χ0) is 24.5. The predicted molar refractivity (Wildman–Crippen MR) is 132 cm³/mol. The molecule has 2 aromatic carbocycles. The second-order valence-electron chi connectivity index (χ2n) is 9.54. The van der Waals surface area contributed by atoms with Crippen molar-refractivity contribution in [1.29, 1.82) is 5.26 Å². The van der Waals surface area contributed by atoms with E-state index in [1.165, 1.54) is 16.7 Å². The Balaban J connectivity index is 0.000000273. The number of hydrogen-bond donors (Lipinski definition) is 2. The van der Waals surface area contributed by atoms with Crippen LogP contribution in [0.25, 0.3) is 0 Å². The van der Waals surface area contributed by atoms with E-state index in [9.17, 15) is 9.90 Å². The molecular weight excluding hydrogens is 412 g/mol. The van der Waals surface area contributed by atoms with Crippen LogP contribution in [0.2, 0.25) is 0 Å². The zero-order valence-corrected chi connectivity index (χ0v) is 20.5. The molecule has 1 aliphatic carbocycles. The number of rotatable bonds is 6. The summed E-state index contributed by atoms with van der Waals surface area (Å²) in [6.07, 6.45) is 5.11. The Morgan fingerprint density at radius 2 is 1.76 bits per heavy atom. The third-order valence-electron chi connectivity index (χ3n) is 6.30. The Kier molecular flexibility index (Phi) is 9.64. The Hall–Kier alpha value is -2.68. The van der Waals surface area contributed by atoms with Crippen LogP contribution in [0.3, 0.4) is 0 Å². The molecule has 0 aromatic heterocycles. The van der Waals surface area contributed by atoms with Gasteiger partial charge in [0.05, 0.1) is 11.6 Å². The van der Waals surface area contributed by atoms with E-state index in [4.69, 9.17) is 15.7 Å². The molecule has 3 N–H and O–H groups in total. The molecular formula is C28H38N2O3. The molecule has 0 bridgehead atoms. The molecule has 1 aliphatic rings. The molecule has 0 aliphatic heterocycles. The summed E-state index contributed by atoms with van der Waals surface area (Å²) >= 11 is 0. The maximum Gasteiger partial charge on any atom is 0.173 e. The Morgan fingerprint density at radius 3 is 2.36 bits per heavy atom. The molecule has 178 valence electrons. The lowest BCUT2D eigenvalue weighted by Gasteiger charge is -2.31. The van der Waals surface area contributed by atoms with Gasteiger partial charge in [-0.15, -0.1) is 0 Å². The van der Waals surface area contributed by atoms with Gasteiger partial charge in [0.1, 0.15) is 12.4 Å². The predicted octanol–water partition coefficient (Wildman–Crippen LogP) is 4.90. The molecule has 1 saturated carbocycles. The smallest absolute Gasteiger partial charge is 0.173 e. The molecule has 0 unspecified atom stereocenters. The highest BCUT2D eigenvalue weighted by Crippen LogP contribution is 2.36. The first-order valence-electron chi connectivity index (χ1n) is 11.8. The number of carbonyl (C=O) groups excluding carboxylic acids is 1. The summed E-state index contributed by atoms with van der Waals surface area (Å²) in [6.45, 7) is 8.79. The molecule has 1 atom stereocenters. The molecule has 0 radical (unpaired) electrons. The van der Waals surface area contributed by atoms with Crippen molar-refractivity contribution in [1.82, 2.24) is 0 Å². The number of aliphatic hydroxyl groups is 1. The van der Waals surface area contributed by atoms with Gasteiger partial charge in [-0.25, -0.2) is 0 Å². The number of nitriles is 1. The van der Waals surface area contributed by atoms with Crippen LogP contribution >= 0.6 is 0 Å². The molecule has 5 nitrogen and oxygen atoms in total. The quantitative estimate of drug-likeness (QED) is 0.611. The van der Waals surface area contributed by atoms with Gasteiger partial charge in [-0.05, 0) is 81.0 Å². The van der Waals surface area contributed by atoms with Crippen LogP contribution in [0.4, 0.5) is 0 Å². The highest BCUT2D eigenvalue weighted by Gasteiger charge is 2.46. The molecule has 5 heteroatoms. The fourth-order valence-corrected chi connectivity index (χ4v) is 4.29. The minimum absolute atomic E-state index is 0.0405. The normalized spacial score (nSPS) is 19.6. The van der Waals surface area contributed by atoms with Crippen LogP contribution in [-0.4, -0.2) is 29.6 Å². The van der Waals surface area contributed by atoms with Crippen LogP contribution in [0.1, 0.15) is 68.7 Å². The van der Waals surface area contributed by atoms with E-state index in [1.54, 1.807) is 24.3 Å². The van der Waals surface area contributed by atoms with Gasteiger partial charge < -0.3 is 15.6 Å². The van der Waals surface area contributed by atoms with Crippen molar-refractivity contribution in [3.05, 3.63) is 64.7 Å². The second-order valence-corrected chi connectivity index (χ2v) is 9.54. The maximum absolute atomic E-state index is 12.5. The van der Waals surface area contributed by atoms with Crippen molar-refractivity contribution in [3.63, 3.8) is 0 Å². The standard InChI is InChI=1S/C17H21NO3.C11H17N/c1-16(2)9-3-4-10-17(20,15(16)19)12-21-14-7-5-13(11-18)6-8-14;1-3-10-8-9(2)4-5-11(10)6-7-12/h5-8,20H,3-4,9-10,12H2,1-2H3;4-5,8H,3,6-7,12H2,1-2H3/t17-;/m0./s1. The lowest BCUT2D eigenvalue weighted by Crippen LogP contribution is -2.49. The van der Waals surface area contributed by atoms with Crippen LogP contribution in [0.5, 0.6) is 5.75 Å². The first-order chi connectivity index (χ1) is 15.6. The molecule has 0 heterocycles. The van der Waals surface area contributed by atoms with E-state index < -0.39 is 11.0 Å². The summed E-state index contributed by atoms with van der Waals surface area (Å²) in [4.78, 5) is 12.5. The largest absolute Gasteiger partial charge is 0.490 e. The minimum atomic E-state index is -1.42. The lowest BCUT2D eigenvalue weighted by molar-refractivity contribution is -0.149. The average Bonchev–Trinajstić information content (AvgIpc) is 2.91. The first kappa shape index (κ1) is 26.6. The van der Waals surface area contributed by atoms with Gasteiger partial charge in [0.25, 0.3) is 0 Å². The van der Waals surface area contributed by atoms with Crippen molar-refractivity contribution in [2.45, 2.75) is 71.8 Å². The van der Waals surface area contributed by atoms with E-state index in [0.717, 1.165) is 38.6 Å². The van der Waals surface area contributed by atoms with Crippen LogP contribution in [0, 0.1) is 23.7 Å². The van der Waals surface area contributed by atoms with Crippen LogP contribution < -0.4 is 10.5 Å². The van der Waals surface area contributed by atoms with E-state index >= 15 is 0 Å². The Labute approximate surface area is 198 Å². The van der Waals surface area contributed by atoms with E-state index in [-0.39, 0.29) is 12.4 Å². The highest BCUT2D eigenvalue weighted by atomic mass is 16.5. The maximum atomic E-state index is 12.5. The number of nitrogens with two attached hydrogens (primary N) is 1.